The molecule has 1 aliphatic heterocycles. The predicted octanol–water partition coefficient (Wildman–Crippen LogP) is 3.70. The maximum atomic E-state index is 10.6. The van der Waals surface area contributed by atoms with Crippen LogP contribution in [0.25, 0.3) is 0 Å². The Morgan fingerprint density at radius 2 is 1.93 bits per heavy atom. The van der Waals surface area contributed by atoms with Crippen LogP contribution in [-0.2, 0) is 0 Å². The maximum absolute atomic E-state index is 10.6. The van der Waals surface area contributed by atoms with Crippen LogP contribution < -0.4 is 0 Å². The molecule has 0 saturated carbocycles. The number of hydrogen-bond donors (Lipinski definition) is 0. The highest BCUT2D eigenvalue weighted by Gasteiger charge is 2.30. The Morgan fingerprint density at radius 1 is 1.27 bits per heavy atom. The first-order chi connectivity index (χ1) is 7.20. The van der Waals surface area contributed by atoms with Crippen LogP contribution in [0.1, 0.15) is 41.4 Å². The fourth-order valence-electron chi connectivity index (χ4n) is 2.26. The third-order valence-electron chi connectivity index (χ3n) is 3.00. The summed E-state index contributed by atoms with van der Waals surface area (Å²) < 4.78 is 0. The lowest BCUT2D eigenvalue weighted by Gasteiger charge is -2.14. The molecule has 1 aliphatic rings. The molecule has 0 aliphatic carbocycles. The molecule has 1 fully saturated rings. The second-order valence-corrected chi connectivity index (χ2v) is 5.95. The van der Waals surface area contributed by atoms with Gasteiger partial charge >= 0.3 is 0 Å². The third kappa shape index (κ3) is 2.25. The number of thioether (sulfide) groups is 1. The van der Waals surface area contributed by atoms with Crippen molar-refractivity contribution >= 4 is 18.0 Å². The van der Waals surface area contributed by atoms with Crippen molar-refractivity contribution in [1.29, 1.82) is 0 Å². The molecule has 3 atom stereocenters. The number of benzene rings is 1. The van der Waals surface area contributed by atoms with E-state index in [-0.39, 0.29) is 0 Å². The minimum Gasteiger partial charge on any atom is -0.298 e. The fraction of sp³-hybridized carbons (Fsp3) is 0.462. The molecule has 1 heterocycles. The normalized spacial score (nSPS) is 30.4. The van der Waals surface area contributed by atoms with Crippen molar-refractivity contribution in [3.63, 3.8) is 0 Å². The monoisotopic (exact) mass is 220 g/mol. The standard InChI is InChI=1S/C13H16OS/c1-9-7-10(2)15-13(9)12-5-3-11(8-14)4-6-12/h3-6,8-10,13H,7H2,1-2H3. The van der Waals surface area contributed by atoms with Gasteiger partial charge in [0.1, 0.15) is 6.29 Å². The molecule has 2 rings (SSSR count). The quantitative estimate of drug-likeness (QED) is 0.707. The van der Waals surface area contributed by atoms with Crippen LogP contribution in [0.5, 0.6) is 0 Å². The van der Waals surface area contributed by atoms with Crippen LogP contribution in [0.2, 0.25) is 0 Å². The largest absolute Gasteiger partial charge is 0.298 e. The first-order valence-corrected chi connectivity index (χ1v) is 6.35. The second-order valence-electron chi connectivity index (χ2n) is 4.36. The number of aldehydes is 1. The minimum atomic E-state index is 0.612. The van der Waals surface area contributed by atoms with Crippen LogP contribution in [-0.4, -0.2) is 11.5 Å². The molecule has 15 heavy (non-hydrogen) atoms. The van der Waals surface area contributed by atoms with Gasteiger partial charge < -0.3 is 0 Å². The van der Waals surface area contributed by atoms with Crippen molar-refractivity contribution in [2.75, 3.05) is 0 Å². The fourth-order valence-corrected chi connectivity index (χ4v) is 3.87. The number of carbonyl (C=O) groups is 1. The first kappa shape index (κ1) is 10.7. The van der Waals surface area contributed by atoms with Crippen molar-refractivity contribution < 1.29 is 4.79 Å². The lowest BCUT2D eigenvalue weighted by molar-refractivity contribution is 0.112. The van der Waals surface area contributed by atoms with Crippen LogP contribution in [0.3, 0.4) is 0 Å². The minimum absolute atomic E-state index is 0.612. The summed E-state index contributed by atoms with van der Waals surface area (Å²) in [6.07, 6.45) is 2.20. The van der Waals surface area contributed by atoms with Gasteiger partial charge in [-0.15, -0.1) is 0 Å². The molecule has 0 amide bonds. The molecule has 1 aromatic carbocycles. The van der Waals surface area contributed by atoms with Gasteiger partial charge in [0.05, 0.1) is 0 Å². The summed E-state index contributed by atoms with van der Waals surface area (Å²) in [5.74, 6) is 0.743. The van der Waals surface area contributed by atoms with E-state index in [1.54, 1.807) is 0 Å². The van der Waals surface area contributed by atoms with Gasteiger partial charge in [-0.05, 0) is 17.9 Å². The molecule has 0 bridgehead atoms. The molecule has 0 aromatic heterocycles. The van der Waals surface area contributed by atoms with E-state index in [4.69, 9.17) is 0 Å². The molecule has 1 aromatic rings. The highest BCUT2D eigenvalue weighted by Crippen LogP contribution is 2.48. The molecular formula is C13H16OS. The van der Waals surface area contributed by atoms with E-state index in [0.717, 1.165) is 23.0 Å². The van der Waals surface area contributed by atoms with E-state index < -0.39 is 0 Å². The number of carbonyl (C=O) groups excluding carboxylic acids is 1. The van der Waals surface area contributed by atoms with Gasteiger partial charge in [-0.2, -0.15) is 11.8 Å². The van der Waals surface area contributed by atoms with Gasteiger partial charge in [0, 0.05) is 16.1 Å². The molecule has 1 saturated heterocycles. The van der Waals surface area contributed by atoms with E-state index >= 15 is 0 Å². The Hall–Kier alpha value is -0.760. The molecule has 1 nitrogen and oxygen atoms in total. The number of hydrogen-bond acceptors (Lipinski definition) is 2. The van der Waals surface area contributed by atoms with Crippen LogP contribution in [0, 0.1) is 5.92 Å². The van der Waals surface area contributed by atoms with Crippen molar-refractivity contribution in [2.24, 2.45) is 5.92 Å². The maximum Gasteiger partial charge on any atom is 0.150 e. The van der Waals surface area contributed by atoms with Crippen molar-refractivity contribution in [3.8, 4) is 0 Å². The van der Waals surface area contributed by atoms with Gasteiger partial charge in [0.15, 0.2) is 0 Å². The highest BCUT2D eigenvalue weighted by molar-refractivity contribution is 8.00. The van der Waals surface area contributed by atoms with Gasteiger partial charge in [-0.1, -0.05) is 38.1 Å². The average Bonchev–Trinajstić information content (AvgIpc) is 2.58. The summed E-state index contributed by atoms with van der Waals surface area (Å²) in [4.78, 5) is 10.6. The molecule has 0 N–H and O–H groups in total. The second kappa shape index (κ2) is 4.40. The Labute approximate surface area is 95.3 Å². The van der Waals surface area contributed by atoms with E-state index in [1.165, 1.54) is 12.0 Å². The SMILES string of the molecule is CC1CC(C)C(c2ccc(C=O)cc2)S1. The van der Waals surface area contributed by atoms with Crippen LogP contribution in [0.15, 0.2) is 24.3 Å². The topological polar surface area (TPSA) is 17.1 Å². The van der Waals surface area contributed by atoms with E-state index in [9.17, 15) is 4.79 Å². The van der Waals surface area contributed by atoms with Gasteiger partial charge in [-0.3, -0.25) is 4.79 Å². The van der Waals surface area contributed by atoms with E-state index in [2.05, 4.69) is 37.7 Å². The predicted molar refractivity (Wildman–Crippen MR) is 65.4 cm³/mol. The zero-order chi connectivity index (χ0) is 10.8. The van der Waals surface area contributed by atoms with E-state index in [0.29, 0.717) is 5.25 Å². The van der Waals surface area contributed by atoms with Crippen LogP contribution >= 0.6 is 11.8 Å². The molecule has 3 unspecified atom stereocenters. The lowest BCUT2D eigenvalue weighted by atomic mass is 9.96. The van der Waals surface area contributed by atoms with Crippen LogP contribution in [0.4, 0.5) is 0 Å². The molecule has 0 spiro atoms. The first-order valence-electron chi connectivity index (χ1n) is 5.41. The summed E-state index contributed by atoms with van der Waals surface area (Å²) in [5.41, 5.74) is 2.13. The lowest BCUT2D eigenvalue weighted by Crippen LogP contribution is -1.99. The van der Waals surface area contributed by atoms with E-state index in [1.807, 2.05) is 12.1 Å². The zero-order valence-electron chi connectivity index (χ0n) is 9.14. The molecule has 2 heteroatoms. The highest BCUT2D eigenvalue weighted by atomic mass is 32.2. The van der Waals surface area contributed by atoms with Crippen molar-refractivity contribution in [2.45, 2.75) is 30.8 Å². The summed E-state index contributed by atoms with van der Waals surface area (Å²) in [5, 5.41) is 1.37. The van der Waals surface area contributed by atoms with Gasteiger partial charge in [0.25, 0.3) is 0 Å². The smallest absolute Gasteiger partial charge is 0.150 e. The third-order valence-corrected chi connectivity index (χ3v) is 4.69. The Morgan fingerprint density at radius 3 is 2.40 bits per heavy atom. The summed E-state index contributed by atoms with van der Waals surface area (Å²) >= 11 is 2.05. The average molecular weight is 220 g/mol. The number of rotatable bonds is 2. The molecule has 80 valence electrons. The Kier molecular flexibility index (Phi) is 3.15. The molecule has 0 radical (unpaired) electrons. The van der Waals surface area contributed by atoms with Gasteiger partial charge in [-0.25, -0.2) is 0 Å². The van der Waals surface area contributed by atoms with Crippen molar-refractivity contribution in [1.82, 2.24) is 0 Å². The summed E-state index contributed by atoms with van der Waals surface area (Å²) in [6, 6.07) is 8.02. The van der Waals surface area contributed by atoms with Crippen molar-refractivity contribution in [3.05, 3.63) is 35.4 Å². The Bertz CT molecular complexity index is 344. The Balaban J connectivity index is 2.18. The molecular weight excluding hydrogens is 204 g/mol. The van der Waals surface area contributed by atoms with Gasteiger partial charge in [0.2, 0.25) is 0 Å². The zero-order valence-corrected chi connectivity index (χ0v) is 9.96. The summed E-state index contributed by atoms with van der Waals surface area (Å²) in [7, 11) is 0. The summed E-state index contributed by atoms with van der Waals surface area (Å²) in [6.45, 7) is 4.61.